The Labute approximate surface area is 84.3 Å². The van der Waals surface area contributed by atoms with Crippen LogP contribution in [-0.4, -0.2) is 64.6 Å². The lowest BCUT2D eigenvalue weighted by molar-refractivity contribution is 0.148. The first kappa shape index (κ1) is 9.61. The Balaban J connectivity index is 1.71. The first-order valence-electron chi connectivity index (χ1n) is 5.09. The van der Waals surface area contributed by atoms with Crippen molar-refractivity contribution in [3.05, 3.63) is 12.4 Å². The largest absolute Gasteiger partial charge is 0.304 e. The third kappa shape index (κ3) is 2.52. The molecule has 1 fully saturated rings. The Morgan fingerprint density at radius 2 is 1.93 bits per heavy atom. The van der Waals surface area contributed by atoms with Crippen molar-refractivity contribution >= 4 is 0 Å². The normalized spacial score (nSPS) is 20.1. The van der Waals surface area contributed by atoms with Gasteiger partial charge in [-0.1, -0.05) is 5.21 Å². The molecule has 1 aromatic rings. The van der Waals surface area contributed by atoms with E-state index in [0.717, 1.165) is 13.1 Å². The van der Waals surface area contributed by atoms with Crippen LogP contribution in [0.15, 0.2) is 12.4 Å². The van der Waals surface area contributed by atoms with Crippen LogP contribution in [-0.2, 0) is 6.54 Å². The molecule has 5 nitrogen and oxygen atoms in total. The highest BCUT2D eigenvalue weighted by Crippen LogP contribution is 1.98. The molecule has 0 unspecified atom stereocenters. The average Bonchev–Trinajstić information content (AvgIpc) is 2.70. The summed E-state index contributed by atoms with van der Waals surface area (Å²) in [5, 5.41) is 7.73. The van der Waals surface area contributed by atoms with Crippen LogP contribution >= 0.6 is 0 Å². The zero-order valence-electron chi connectivity index (χ0n) is 8.63. The van der Waals surface area contributed by atoms with Crippen molar-refractivity contribution in [3.63, 3.8) is 0 Å². The molecule has 1 aromatic heterocycles. The lowest BCUT2D eigenvalue weighted by Crippen LogP contribution is -2.45. The molecule has 0 amide bonds. The van der Waals surface area contributed by atoms with Gasteiger partial charge in [-0.3, -0.25) is 9.58 Å². The van der Waals surface area contributed by atoms with Crippen LogP contribution in [0.4, 0.5) is 0 Å². The molecule has 1 aliphatic rings. The molecule has 0 aliphatic carbocycles. The number of rotatable bonds is 3. The number of hydrogen-bond acceptors (Lipinski definition) is 4. The van der Waals surface area contributed by atoms with Crippen molar-refractivity contribution in [1.29, 1.82) is 0 Å². The summed E-state index contributed by atoms with van der Waals surface area (Å²) in [7, 11) is 2.18. The van der Waals surface area contributed by atoms with Crippen molar-refractivity contribution in [3.8, 4) is 0 Å². The number of nitrogens with zero attached hydrogens (tertiary/aromatic N) is 5. The van der Waals surface area contributed by atoms with Gasteiger partial charge in [0.05, 0.1) is 12.7 Å². The van der Waals surface area contributed by atoms with Crippen LogP contribution in [0.5, 0.6) is 0 Å². The number of hydrogen-bond donors (Lipinski definition) is 0. The Hall–Kier alpha value is -0.940. The molecule has 2 heterocycles. The molecule has 0 radical (unpaired) electrons. The van der Waals surface area contributed by atoms with E-state index >= 15 is 0 Å². The van der Waals surface area contributed by atoms with E-state index in [0.29, 0.717) is 0 Å². The van der Waals surface area contributed by atoms with E-state index < -0.39 is 0 Å². The van der Waals surface area contributed by atoms with Gasteiger partial charge in [-0.2, -0.15) is 0 Å². The summed E-state index contributed by atoms with van der Waals surface area (Å²) in [6, 6.07) is 0. The summed E-state index contributed by atoms with van der Waals surface area (Å²) < 4.78 is 1.89. The van der Waals surface area contributed by atoms with Gasteiger partial charge < -0.3 is 4.90 Å². The van der Waals surface area contributed by atoms with Gasteiger partial charge in [0.25, 0.3) is 0 Å². The Morgan fingerprint density at radius 1 is 1.14 bits per heavy atom. The maximum atomic E-state index is 3.95. The van der Waals surface area contributed by atoms with E-state index in [-0.39, 0.29) is 0 Å². The molecule has 0 bridgehead atoms. The molecular weight excluding hydrogens is 178 g/mol. The average molecular weight is 195 g/mol. The number of aromatic nitrogens is 3. The molecule has 0 atom stereocenters. The minimum absolute atomic E-state index is 0.948. The van der Waals surface area contributed by atoms with Crippen LogP contribution in [0, 0.1) is 0 Å². The van der Waals surface area contributed by atoms with E-state index in [2.05, 4.69) is 27.2 Å². The van der Waals surface area contributed by atoms with Crippen molar-refractivity contribution < 1.29 is 0 Å². The quantitative estimate of drug-likeness (QED) is 0.653. The summed E-state index contributed by atoms with van der Waals surface area (Å²) in [6.45, 7) is 6.73. The zero-order chi connectivity index (χ0) is 9.80. The molecule has 78 valence electrons. The SMILES string of the molecule is CN1CCN(CCn2ccnn2)CC1. The first-order chi connectivity index (χ1) is 6.84. The smallest absolute Gasteiger partial charge is 0.0692 e. The van der Waals surface area contributed by atoms with Gasteiger partial charge in [-0.15, -0.1) is 5.10 Å². The van der Waals surface area contributed by atoms with Gasteiger partial charge in [-0.25, -0.2) is 0 Å². The van der Waals surface area contributed by atoms with E-state index in [1.807, 2.05) is 10.9 Å². The third-order valence-electron chi connectivity index (χ3n) is 2.71. The second-order valence-corrected chi connectivity index (χ2v) is 3.81. The van der Waals surface area contributed by atoms with Gasteiger partial charge in [-0.05, 0) is 7.05 Å². The third-order valence-corrected chi connectivity index (χ3v) is 2.71. The van der Waals surface area contributed by atoms with Crippen molar-refractivity contribution in [2.75, 3.05) is 39.8 Å². The van der Waals surface area contributed by atoms with Gasteiger partial charge in [0.1, 0.15) is 0 Å². The maximum absolute atomic E-state index is 3.95. The maximum Gasteiger partial charge on any atom is 0.0692 e. The van der Waals surface area contributed by atoms with Crippen molar-refractivity contribution in [2.24, 2.45) is 0 Å². The predicted octanol–water partition coefficient (Wildman–Crippen LogP) is -0.475. The first-order valence-corrected chi connectivity index (χ1v) is 5.09. The summed E-state index contributed by atoms with van der Waals surface area (Å²) in [5.74, 6) is 0. The summed E-state index contributed by atoms with van der Waals surface area (Å²) >= 11 is 0. The summed E-state index contributed by atoms with van der Waals surface area (Å²) in [4.78, 5) is 4.84. The van der Waals surface area contributed by atoms with Crippen LogP contribution in [0.1, 0.15) is 0 Å². The van der Waals surface area contributed by atoms with Crippen LogP contribution in [0.3, 0.4) is 0 Å². The molecule has 0 spiro atoms. The van der Waals surface area contributed by atoms with Crippen LogP contribution in [0.2, 0.25) is 0 Å². The highest BCUT2D eigenvalue weighted by Gasteiger charge is 2.12. The van der Waals surface area contributed by atoms with Gasteiger partial charge in [0.2, 0.25) is 0 Å². The zero-order valence-corrected chi connectivity index (χ0v) is 8.63. The van der Waals surface area contributed by atoms with E-state index in [1.165, 1.54) is 26.2 Å². The Kier molecular flexibility index (Phi) is 3.10. The molecule has 5 heteroatoms. The van der Waals surface area contributed by atoms with Gasteiger partial charge in [0.15, 0.2) is 0 Å². The van der Waals surface area contributed by atoms with Crippen molar-refractivity contribution in [1.82, 2.24) is 24.8 Å². The second-order valence-electron chi connectivity index (χ2n) is 3.81. The summed E-state index contributed by atoms with van der Waals surface area (Å²) in [5.41, 5.74) is 0. The number of piperazine rings is 1. The molecule has 14 heavy (non-hydrogen) atoms. The summed E-state index contributed by atoms with van der Waals surface area (Å²) in [6.07, 6.45) is 3.64. The monoisotopic (exact) mass is 195 g/mol. The molecule has 1 aliphatic heterocycles. The van der Waals surface area contributed by atoms with Gasteiger partial charge in [0, 0.05) is 38.9 Å². The Morgan fingerprint density at radius 3 is 2.57 bits per heavy atom. The molecular formula is C9H17N5. The van der Waals surface area contributed by atoms with Crippen molar-refractivity contribution in [2.45, 2.75) is 6.54 Å². The van der Waals surface area contributed by atoms with E-state index in [1.54, 1.807) is 6.20 Å². The van der Waals surface area contributed by atoms with Crippen LogP contribution in [0.25, 0.3) is 0 Å². The second kappa shape index (κ2) is 4.52. The molecule has 0 N–H and O–H groups in total. The van der Waals surface area contributed by atoms with Crippen LogP contribution < -0.4 is 0 Å². The fraction of sp³-hybridized carbons (Fsp3) is 0.778. The molecule has 0 aromatic carbocycles. The lowest BCUT2D eigenvalue weighted by atomic mass is 10.3. The fourth-order valence-corrected chi connectivity index (χ4v) is 1.67. The molecule has 1 saturated heterocycles. The molecule has 2 rings (SSSR count). The lowest BCUT2D eigenvalue weighted by Gasteiger charge is -2.32. The van der Waals surface area contributed by atoms with Gasteiger partial charge >= 0.3 is 0 Å². The number of likely N-dealkylation sites (N-methyl/N-ethyl adjacent to an activating group) is 1. The highest BCUT2D eigenvalue weighted by molar-refractivity contribution is 4.70. The fourth-order valence-electron chi connectivity index (χ4n) is 1.67. The van der Waals surface area contributed by atoms with E-state index in [9.17, 15) is 0 Å². The Bertz CT molecular complexity index is 250. The minimum Gasteiger partial charge on any atom is -0.304 e. The topological polar surface area (TPSA) is 37.2 Å². The predicted molar refractivity (Wildman–Crippen MR) is 54.0 cm³/mol. The van der Waals surface area contributed by atoms with E-state index in [4.69, 9.17) is 0 Å². The standard InChI is InChI=1S/C9H17N5/c1-12-4-6-13(7-5-12)8-9-14-3-2-10-11-14/h2-3H,4-9H2,1H3. The highest BCUT2D eigenvalue weighted by atomic mass is 15.4. The minimum atomic E-state index is 0.948. The molecule has 0 saturated carbocycles.